The summed E-state index contributed by atoms with van der Waals surface area (Å²) in [4.78, 5) is 12.1. The topological polar surface area (TPSA) is 73.6 Å². The van der Waals surface area contributed by atoms with Gasteiger partial charge in [0.25, 0.3) is 5.91 Å². The van der Waals surface area contributed by atoms with Crippen molar-refractivity contribution in [1.29, 1.82) is 0 Å². The molecular formula is C15H16N2O3. The van der Waals surface area contributed by atoms with E-state index in [1.807, 2.05) is 0 Å². The molecule has 2 aromatic carbocycles. The summed E-state index contributed by atoms with van der Waals surface area (Å²) in [5.74, 6) is 0.984. The van der Waals surface area contributed by atoms with Gasteiger partial charge in [0.05, 0.1) is 19.9 Å². The number of carbonyl (C=O) groups excluding carboxylic acids is 1. The summed E-state index contributed by atoms with van der Waals surface area (Å²) in [6.07, 6.45) is 0. The number of methoxy groups -OCH3 is 2. The van der Waals surface area contributed by atoms with Crippen LogP contribution < -0.4 is 20.5 Å². The standard InChI is InChI=1S/C15H16N2O3/c1-19-12-6-4-11(5-7-12)17-15(18)10-3-8-13(16)14(9-10)20-2/h3-9H,16H2,1-2H3,(H,17,18). The van der Waals surface area contributed by atoms with Gasteiger partial charge in [-0.1, -0.05) is 0 Å². The molecule has 2 rings (SSSR count). The first kappa shape index (κ1) is 13.7. The molecule has 0 radical (unpaired) electrons. The minimum absolute atomic E-state index is 0.228. The largest absolute Gasteiger partial charge is 0.497 e. The second-order valence-electron chi connectivity index (χ2n) is 4.14. The van der Waals surface area contributed by atoms with Crippen molar-refractivity contribution < 1.29 is 14.3 Å². The molecule has 0 bridgehead atoms. The molecule has 0 unspecified atom stereocenters. The Morgan fingerprint density at radius 2 is 1.75 bits per heavy atom. The van der Waals surface area contributed by atoms with Crippen LogP contribution in [0.15, 0.2) is 42.5 Å². The lowest BCUT2D eigenvalue weighted by Gasteiger charge is -2.09. The molecule has 1 amide bonds. The van der Waals surface area contributed by atoms with E-state index in [9.17, 15) is 4.79 Å². The first-order valence-electron chi connectivity index (χ1n) is 6.03. The van der Waals surface area contributed by atoms with Crippen molar-refractivity contribution in [2.45, 2.75) is 0 Å². The Balaban J connectivity index is 2.14. The van der Waals surface area contributed by atoms with Gasteiger partial charge in [0.1, 0.15) is 11.5 Å². The highest BCUT2D eigenvalue weighted by Crippen LogP contribution is 2.23. The average Bonchev–Trinajstić information content (AvgIpc) is 2.48. The number of ether oxygens (including phenoxy) is 2. The van der Waals surface area contributed by atoms with Gasteiger partial charge in [-0.05, 0) is 42.5 Å². The van der Waals surface area contributed by atoms with Crippen LogP contribution in [0.2, 0.25) is 0 Å². The molecule has 104 valence electrons. The van der Waals surface area contributed by atoms with E-state index in [2.05, 4.69) is 5.32 Å². The number of hydrogen-bond acceptors (Lipinski definition) is 4. The SMILES string of the molecule is COc1ccc(NC(=O)c2ccc(N)c(OC)c2)cc1. The smallest absolute Gasteiger partial charge is 0.255 e. The Hall–Kier alpha value is -2.69. The average molecular weight is 272 g/mol. The fourth-order valence-electron chi connectivity index (χ4n) is 1.73. The molecule has 3 N–H and O–H groups in total. The van der Waals surface area contributed by atoms with Crippen LogP contribution in [0.5, 0.6) is 11.5 Å². The molecule has 5 nitrogen and oxygen atoms in total. The van der Waals surface area contributed by atoms with Crippen LogP contribution in [0.4, 0.5) is 11.4 Å². The lowest BCUT2D eigenvalue weighted by molar-refractivity contribution is 0.102. The van der Waals surface area contributed by atoms with Crippen LogP contribution in [-0.4, -0.2) is 20.1 Å². The minimum atomic E-state index is -0.228. The van der Waals surface area contributed by atoms with Gasteiger partial charge in [0.15, 0.2) is 0 Å². The molecular weight excluding hydrogens is 256 g/mol. The maximum Gasteiger partial charge on any atom is 0.255 e. The van der Waals surface area contributed by atoms with Crippen molar-refractivity contribution in [2.24, 2.45) is 0 Å². The fraction of sp³-hybridized carbons (Fsp3) is 0.133. The summed E-state index contributed by atoms with van der Waals surface area (Å²) < 4.78 is 10.2. The molecule has 0 aromatic heterocycles. The van der Waals surface area contributed by atoms with Gasteiger partial charge in [-0.15, -0.1) is 0 Å². The highest BCUT2D eigenvalue weighted by Gasteiger charge is 2.09. The minimum Gasteiger partial charge on any atom is -0.497 e. The monoisotopic (exact) mass is 272 g/mol. The van der Waals surface area contributed by atoms with Crippen molar-refractivity contribution in [3.8, 4) is 11.5 Å². The van der Waals surface area contributed by atoms with E-state index in [4.69, 9.17) is 15.2 Å². The number of nitrogens with two attached hydrogens (primary N) is 1. The zero-order valence-corrected chi connectivity index (χ0v) is 11.3. The third kappa shape index (κ3) is 3.00. The van der Waals surface area contributed by atoms with E-state index >= 15 is 0 Å². The van der Waals surface area contributed by atoms with Gasteiger partial charge in [-0.3, -0.25) is 4.79 Å². The van der Waals surface area contributed by atoms with E-state index in [1.54, 1.807) is 49.6 Å². The van der Waals surface area contributed by atoms with Crippen molar-refractivity contribution >= 4 is 17.3 Å². The van der Waals surface area contributed by atoms with Crippen LogP contribution >= 0.6 is 0 Å². The summed E-state index contributed by atoms with van der Waals surface area (Å²) in [5.41, 5.74) is 7.37. The highest BCUT2D eigenvalue weighted by atomic mass is 16.5. The van der Waals surface area contributed by atoms with E-state index in [1.165, 1.54) is 7.11 Å². The van der Waals surface area contributed by atoms with Crippen LogP contribution in [0, 0.1) is 0 Å². The molecule has 0 saturated carbocycles. The molecule has 2 aromatic rings. The quantitative estimate of drug-likeness (QED) is 0.839. The number of carbonyl (C=O) groups is 1. The van der Waals surface area contributed by atoms with Crippen molar-refractivity contribution in [3.63, 3.8) is 0 Å². The van der Waals surface area contributed by atoms with Crippen molar-refractivity contribution in [2.75, 3.05) is 25.3 Å². The first-order chi connectivity index (χ1) is 9.63. The first-order valence-corrected chi connectivity index (χ1v) is 6.03. The van der Waals surface area contributed by atoms with Gasteiger partial charge in [0.2, 0.25) is 0 Å². The number of amides is 1. The van der Waals surface area contributed by atoms with Crippen LogP contribution in [0.1, 0.15) is 10.4 Å². The van der Waals surface area contributed by atoms with Gasteiger partial charge in [0, 0.05) is 11.3 Å². The third-order valence-electron chi connectivity index (χ3n) is 2.84. The molecule has 0 aliphatic heterocycles. The summed E-state index contributed by atoms with van der Waals surface area (Å²) in [6.45, 7) is 0. The third-order valence-corrected chi connectivity index (χ3v) is 2.84. The zero-order chi connectivity index (χ0) is 14.5. The Kier molecular flexibility index (Phi) is 4.10. The summed E-state index contributed by atoms with van der Waals surface area (Å²) in [5, 5.41) is 2.79. The van der Waals surface area contributed by atoms with E-state index in [0.29, 0.717) is 22.7 Å². The van der Waals surface area contributed by atoms with Gasteiger partial charge < -0.3 is 20.5 Å². The summed E-state index contributed by atoms with van der Waals surface area (Å²) in [7, 11) is 3.10. The van der Waals surface area contributed by atoms with E-state index in [-0.39, 0.29) is 5.91 Å². The number of anilines is 2. The van der Waals surface area contributed by atoms with Gasteiger partial charge in [-0.2, -0.15) is 0 Å². The number of rotatable bonds is 4. The molecule has 0 atom stereocenters. The molecule has 0 aliphatic carbocycles. The lowest BCUT2D eigenvalue weighted by atomic mass is 10.1. The number of benzene rings is 2. The van der Waals surface area contributed by atoms with Gasteiger partial charge >= 0.3 is 0 Å². The van der Waals surface area contributed by atoms with Crippen LogP contribution in [-0.2, 0) is 0 Å². The number of nitrogens with one attached hydrogen (secondary N) is 1. The second kappa shape index (κ2) is 5.97. The zero-order valence-electron chi connectivity index (χ0n) is 11.3. The van der Waals surface area contributed by atoms with Crippen LogP contribution in [0.25, 0.3) is 0 Å². The number of hydrogen-bond donors (Lipinski definition) is 2. The fourth-order valence-corrected chi connectivity index (χ4v) is 1.73. The molecule has 20 heavy (non-hydrogen) atoms. The maximum atomic E-state index is 12.1. The predicted molar refractivity (Wildman–Crippen MR) is 78.4 cm³/mol. The molecule has 0 fully saturated rings. The Morgan fingerprint density at radius 3 is 2.35 bits per heavy atom. The molecule has 0 spiro atoms. The van der Waals surface area contributed by atoms with Crippen molar-refractivity contribution in [1.82, 2.24) is 0 Å². The maximum absolute atomic E-state index is 12.1. The van der Waals surface area contributed by atoms with E-state index in [0.717, 1.165) is 5.75 Å². The Morgan fingerprint density at radius 1 is 1.05 bits per heavy atom. The summed E-state index contributed by atoms with van der Waals surface area (Å²) >= 11 is 0. The van der Waals surface area contributed by atoms with Crippen molar-refractivity contribution in [3.05, 3.63) is 48.0 Å². The van der Waals surface area contributed by atoms with Crippen LogP contribution in [0.3, 0.4) is 0 Å². The van der Waals surface area contributed by atoms with E-state index < -0.39 is 0 Å². The predicted octanol–water partition coefficient (Wildman–Crippen LogP) is 2.54. The molecule has 0 saturated heterocycles. The highest BCUT2D eigenvalue weighted by molar-refractivity contribution is 6.04. The molecule has 5 heteroatoms. The molecule has 0 aliphatic rings. The number of nitrogen functional groups attached to an aromatic ring is 1. The van der Waals surface area contributed by atoms with Gasteiger partial charge in [-0.25, -0.2) is 0 Å². The lowest BCUT2D eigenvalue weighted by Crippen LogP contribution is -2.12. The summed E-state index contributed by atoms with van der Waals surface area (Å²) in [6, 6.07) is 12.0. The Bertz CT molecular complexity index is 609. The molecule has 0 heterocycles. The normalized spacial score (nSPS) is 9.90. The Labute approximate surface area is 117 Å². The second-order valence-corrected chi connectivity index (χ2v) is 4.14.